The maximum absolute atomic E-state index is 12.4. The van der Waals surface area contributed by atoms with Gasteiger partial charge in [-0.1, -0.05) is 30.3 Å². The van der Waals surface area contributed by atoms with E-state index in [1.807, 2.05) is 37.3 Å². The molecule has 0 spiro atoms. The third-order valence-electron chi connectivity index (χ3n) is 5.09. The van der Waals surface area contributed by atoms with Gasteiger partial charge in [0.05, 0.1) is 39.0 Å². The fourth-order valence-corrected chi connectivity index (χ4v) is 3.11. The first-order valence-corrected chi connectivity index (χ1v) is 12.0. The van der Waals surface area contributed by atoms with Gasteiger partial charge in [0.25, 0.3) is 11.8 Å². The Morgan fingerprint density at radius 2 is 1.77 bits per heavy atom. The molecule has 13 nitrogen and oxygen atoms in total. The molecule has 216 valence electrons. The lowest BCUT2D eigenvalue weighted by molar-refractivity contribution is -0.130. The van der Waals surface area contributed by atoms with Crippen LogP contribution in [0.2, 0.25) is 0 Å². The number of epoxide rings is 1. The van der Waals surface area contributed by atoms with Gasteiger partial charge in [-0.25, -0.2) is 0 Å². The van der Waals surface area contributed by atoms with Gasteiger partial charge in [-0.2, -0.15) is 0 Å². The van der Waals surface area contributed by atoms with Crippen LogP contribution in [0.4, 0.5) is 0 Å². The zero-order valence-electron chi connectivity index (χ0n) is 23.1. The Hall–Kier alpha value is -3.81. The molecule has 1 aliphatic heterocycles. The summed E-state index contributed by atoms with van der Waals surface area (Å²) in [6, 6.07) is 10.1. The van der Waals surface area contributed by atoms with Gasteiger partial charge < -0.3 is 39.4 Å². The molecule has 0 bridgehead atoms. The van der Waals surface area contributed by atoms with Gasteiger partial charge in [-0.3, -0.25) is 19.2 Å². The van der Waals surface area contributed by atoms with Crippen LogP contribution in [0.15, 0.2) is 40.9 Å². The van der Waals surface area contributed by atoms with Crippen molar-refractivity contribution in [3.63, 3.8) is 0 Å². The van der Waals surface area contributed by atoms with E-state index in [0.29, 0.717) is 26.0 Å². The van der Waals surface area contributed by atoms with Gasteiger partial charge in [0.1, 0.15) is 5.60 Å². The monoisotopic (exact) mass is 550 g/mol. The van der Waals surface area contributed by atoms with Gasteiger partial charge >= 0.3 is 0 Å². The Bertz CT molecular complexity index is 1030. The van der Waals surface area contributed by atoms with Crippen LogP contribution in [0.5, 0.6) is 5.88 Å². The van der Waals surface area contributed by atoms with Gasteiger partial charge in [-0.05, 0) is 31.0 Å². The zero-order valence-corrected chi connectivity index (χ0v) is 23.1. The summed E-state index contributed by atoms with van der Waals surface area (Å²) in [5, 5.41) is 11.1. The lowest BCUT2D eigenvalue weighted by Crippen LogP contribution is -2.49. The minimum Gasteiger partial charge on any atom is -0.479 e. The molecule has 3 amide bonds. The summed E-state index contributed by atoms with van der Waals surface area (Å²) in [4.78, 5) is 45.9. The molecule has 0 saturated carbocycles. The Morgan fingerprint density at radius 1 is 1.13 bits per heavy atom. The lowest BCUT2D eigenvalue weighted by Gasteiger charge is -2.19. The summed E-state index contributed by atoms with van der Waals surface area (Å²) in [7, 11) is 6.27. The van der Waals surface area contributed by atoms with Crippen molar-refractivity contribution in [2.75, 3.05) is 48.2 Å². The van der Waals surface area contributed by atoms with Crippen LogP contribution in [-0.2, 0) is 35.0 Å². The van der Waals surface area contributed by atoms with E-state index in [0.717, 1.165) is 5.56 Å². The molecule has 0 radical (unpaired) electrons. The fraction of sp³-hybridized carbons (Fsp3) is 0.500. The number of Topliss-reactive ketones (excluding diaryl/α,β-unsaturated/α-hetero) is 1. The first kappa shape index (κ1) is 33.2. The Kier molecular flexibility index (Phi) is 15.0. The third kappa shape index (κ3) is 12.5. The molecule has 1 saturated heterocycles. The summed E-state index contributed by atoms with van der Waals surface area (Å²) in [5.74, 6) is -0.490. The Balaban J connectivity index is 0.000000371. The number of ketones is 1. The molecule has 39 heavy (non-hydrogen) atoms. The number of hydrogen-bond donors (Lipinski definition) is 3. The minimum absolute atomic E-state index is 0.0846. The molecule has 1 fully saturated rings. The number of aromatic nitrogens is 1. The first-order chi connectivity index (χ1) is 18.6. The number of nitrogens with zero attached hydrogens (tertiary/aromatic N) is 1. The largest absolute Gasteiger partial charge is 0.479 e. The average molecular weight is 551 g/mol. The fourth-order valence-electron chi connectivity index (χ4n) is 3.11. The second-order valence-corrected chi connectivity index (χ2v) is 8.66. The molecule has 1 aliphatic rings. The molecule has 1 aromatic heterocycles. The average Bonchev–Trinajstić information content (AvgIpc) is 3.48. The molecule has 3 N–H and O–H groups in total. The molecule has 13 heteroatoms. The Morgan fingerprint density at radius 3 is 2.28 bits per heavy atom. The Labute approximate surface area is 227 Å². The third-order valence-corrected chi connectivity index (χ3v) is 5.09. The molecule has 2 aromatic rings. The number of amides is 3. The van der Waals surface area contributed by atoms with Crippen molar-refractivity contribution in [1.82, 2.24) is 21.1 Å². The highest BCUT2D eigenvalue weighted by molar-refractivity contribution is 5.97. The summed E-state index contributed by atoms with van der Waals surface area (Å²) < 4.78 is 23.9. The highest BCUT2D eigenvalue weighted by Crippen LogP contribution is 2.29. The van der Waals surface area contributed by atoms with Crippen molar-refractivity contribution in [2.24, 2.45) is 0 Å². The van der Waals surface area contributed by atoms with E-state index in [-0.39, 0.29) is 35.9 Å². The van der Waals surface area contributed by atoms with Crippen LogP contribution in [0.3, 0.4) is 0 Å². The number of carbonyl (C=O) groups is 4. The summed E-state index contributed by atoms with van der Waals surface area (Å²) >= 11 is 0. The second kappa shape index (κ2) is 17.7. The predicted molar refractivity (Wildman–Crippen MR) is 140 cm³/mol. The van der Waals surface area contributed by atoms with Crippen LogP contribution in [0, 0.1) is 0 Å². The van der Waals surface area contributed by atoms with Crippen LogP contribution < -0.4 is 20.7 Å². The van der Waals surface area contributed by atoms with E-state index in [4.69, 9.17) is 18.7 Å². The van der Waals surface area contributed by atoms with Gasteiger partial charge in [0.15, 0.2) is 5.78 Å². The van der Waals surface area contributed by atoms with E-state index in [1.165, 1.54) is 13.2 Å². The van der Waals surface area contributed by atoms with E-state index < -0.39 is 17.6 Å². The molecule has 3 rings (SSSR count). The molecule has 2 heterocycles. The van der Waals surface area contributed by atoms with Crippen molar-refractivity contribution < 1.29 is 42.6 Å². The quantitative estimate of drug-likeness (QED) is 0.236. The molecule has 1 aromatic carbocycles. The smallest absolute Gasteiger partial charge is 0.290 e. The van der Waals surface area contributed by atoms with E-state index in [9.17, 15) is 19.2 Å². The van der Waals surface area contributed by atoms with Crippen molar-refractivity contribution in [3.05, 3.63) is 47.7 Å². The van der Waals surface area contributed by atoms with Crippen LogP contribution >= 0.6 is 0 Å². The van der Waals surface area contributed by atoms with E-state index in [2.05, 4.69) is 25.8 Å². The van der Waals surface area contributed by atoms with Gasteiger partial charge in [0.2, 0.25) is 18.1 Å². The molecule has 0 aliphatic carbocycles. The molecular formula is C26H38N4O9. The minimum atomic E-state index is -0.801. The van der Waals surface area contributed by atoms with E-state index >= 15 is 0 Å². The summed E-state index contributed by atoms with van der Waals surface area (Å²) in [6.45, 7) is 4.20. The summed E-state index contributed by atoms with van der Waals surface area (Å²) in [6.07, 6.45) is 0.838. The van der Waals surface area contributed by atoms with Crippen molar-refractivity contribution in [1.29, 1.82) is 0 Å². The van der Waals surface area contributed by atoms with Crippen LogP contribution in [0.1, 0.15) is 30.0 Å². The van der Waals surface area contributed by atoms with Crippen molar-refractivity contribution >= 4 is 24.0 Å². The maximum Gasteiger partial charge on any atom is 0.290 e. The number of methoxy groups -OCH3 is 3. The summed E-state index contributed by atoms with van der Waals surface area (Å²) in [5.41, 5.74) is 0.147. The number of hydrogen-bond acceptors (Lipinski definition) is 10. The predicted octanol–water partition coefficient (Wildman–Crippen LogP) is 0.528. The zero-order chi connectivity index (χ0) is 29.3. The number of ether oxygens (including phenoxy) is 4. The number of carbonyl (C=O) groups excluding carboxylic acids is 4. The normalized spacial score (nSPS) is 16.6. The van der Waals surface area contributed by atoms with E-state index in [1.54, 1.807) is 28.3 Å². The highest BCUT2D eigenvalue weighted by atomic mass is 16.6. The van der Waals surface area contributed by atoms with Gasteiger partial charge in [-0.15, -0.1) is 0 Å². The number of nitrogens with one attached hydrogen (secondary N) is 3. The number of benzene rings is 1. The lowest BCUT2D eigenvalue weighted by atomic mass is 9.95. The highest BCUT2D eigenvalue weighted by Gasteiger charge is 2.49. The topological polar surface area (TPSA) is 171 Å². The van der Waals surface area contributed by atoms with Crippen LogP contribution in [0.25, 0.3) is 0 Å². The number of rotatable bonds is 13. The maximum atomic E-state index is 12.4. The SMILES string of the molecule is COC.COC[C@@H](C)NC(=O)c1cc(OC)no1.C[C@]1(C(=O)[C@H](Cc2ccccc2)NC(=O)CNC=O)CO1. The molecular weight excluding hydrogens is 512 g/mol. The standard InChI is InChI=1S/C15H18N2O4.C9H14N2O4.C2H6O/c1-15(9-21-15)14(20)12(17-13(19)8-16-10-18)7-11-5-3-2-4-6-11;1-6(5-13-2)10-9(12)7-4-8(14-3)11-15-7;1-3-2/h2-6,10,12H,7-9H2,1H3,(H,16,18)(H,17,19);4,6H,5H2,1-3H3,(H,10,12);1-2H3/t12-,15+;6-;/m01./s1. The van der Waals surface area contributed by atoms with Crippen LogP contribution in [-0.4, -0.2) is 95.0 Å². The first-order valence-electron chi connectivity index (χ1n) is 12.0. The second-order valence-electron chi connectivity index (χ2n) is 8.66. The van der Waals surface area contributed by atoms with Gasteiger partial charge in [0, 0.05) is 27.4 Å². The molecule has 0 unspecified atom stereocenters. The van der Waals surface area contributed by atoms with Crippen molar-refractivity contribution in [2.45, 2.75) is 38.0 Å². The van der Waals surface area contributed by atoms with Crippen molar-refractivity contribution in [3.8, 4) is 5.88 Å². The molecule has 3 atom stereocenters.